The molecule has 1 saturated heterocycles. The Morgan fingerprint density at radius 1 is 0.857 bits per heavy atom. The molecule has 144 valence electrons. The van der Waals surface area contributed by atoms with Crippen LogP contribution < -0.4 is 4.90 Å². The molecule has 0 radical (unpaired) electrons. The second kappa shape index (κ2) is 6.78. The fourth-order valence-electron chi connectivity index (χ4n) is 4.54. The minimum atomic E-state index is -0.941. The lowest BCUT2D eigenvalue weighted by molar-refractivity contribution is -0.156. The molecule has 0 N–H and O–H groups in total. The van der Waals surface area contributed by atoms with Crippen LogP contribution in [0.3, 0.4) is 0 Å². The highest BCUT2D eigenvalue weighted by Gasteiger charge is 2.62. The van der Waals surface area contributed by atoms with Crippen molar-refractivity contribution in [2.24, 2.45) is 11.8 Å². The Hall–Kier alpha value is -3.15. The zero-order chi connectivity index (χ0) is 20.0. The van der Waals surface area contributed by atoms with E-state index in [0.717, 1.165) is 16.8 Å². The Bertz CT molecular complexity index is 952. The third kappa shape index (κ3) is 2.52. The summed E-state index contributed by atoms with van der Waals surface area (Å²) >= 11 is 0. The van der Waals surface area contributed by atoms with Crippen LogP contribution in [-0.2, 0) is 19.1 Å². The third-order valence-corrected chi connectivity index (χ3v) is 5.76. The Labute approximate surface area is 163 Å². The van der Waals surface area contributed by atoms with Gasteiger partial charge in [-0.05, 0) is 24.6 Å². The van der Waals surface area contributed by atoms with E-state index in [0.29, 0.717) is 5.56 Å². The number of carbonyl (C=O) groups excluding carboxylic acids is 3. The van der Waals surface area contributed by atoms with Gasteiger partial charge in [-0.25, -0.2) is 0 Å². The number of hydrogen-bond acceptors (Lipinski definition) is 6. The van der Waals surface area contributed by atoms with Crippen LogP contribution in [0.4, 0.5) is 5.69 Å². The largest absolute Gasteiger partial charge is 0.469 e. The number of anilines is 1. The average Bonchev–Trinajstić information content (AvgIpc) is 3.03. The number of Topliss-reactive ketones (excluding diaryl/α,β-unsaturated/α-hetero) is 1. The van der Waals surface area contributed by atoms with E-state index in [1.54, 1.807) is 12.1 Å². The number of aryl methyl sites for hydroxylation is 1. The quantitative estimate of drug-likeness (QED) is 0.764. The molecular weight excluding hydrogens is 358 g/mol. The molecular formula is C22H21NO5. The average molecular weight is 379 g/mol. The predicted molar refractivity (Wildman–Crippen MR) is 102 cm³/mol. The van der Waals surface area contributed by atoms with Gasteiger partial charge in [-0.2, -0.15) is 0 Å². The summed E-state index contributed by atoms with van der Waals surface area (Å²) in [4.78, 5) is 40.8. The van der Waals surface area contributed by atoms with E-state index in [1.807, 2.05) is 48.2 Å². The highest BCUT2D eigenvalue weighted by Crippen LogP contribution is 2.53. The zero-order valence-corrected chi connectivity index (χ0v) is 15.9. The number of rotatable bonds is 3. The Kier molecular flexibility index (Phi) is 4.41. The molecule has 2 aliphatic rings. The molecule has 0 unspecified atom stereocenters. The Morgan fingerprint density at radius 2 is 1.43 bits per heavy atom. The summed E-state index contributed by atoms with van der Waals surface area (Å²) in [6, 6.07) is 13.6. The molecule has 2 aromatic carbocycles. The van der Waals surface area contributed by atoms with Crippen molar-refractivity contribution in [1.29, 1.82) is 0 Å². The summed E-state index contributed by atoms with van der Waals surface area (Å²) < 4.78 is 10.0. The fraction of sp³-hybridized carbons (Fsp3) is 0.318. The topological polar surface area (TPSA) is 72.9 Å². The second-order valence-electron chi connectivity index (χ2n) is 7.18. The molecule has 0 spiro atoms. The first-order chi connectivity index (χ1) is 13.5. The molecule has 1 fully saturated rings. The van der Waals surface area contributed by atoms with Gasteiger partial charge in [0.15, 0.2) is 5.78 Å². The predicted octanol–water partition coefficient (Wildman–Crippen LogP) is 2.70. The van der Waals surface area contributed by atoms with Gasteiger partial charge in [-0.1, -0.05) is 42.0 Å². The summed E-state index contributed by atoms with van der Waals surface area (Å²) in [6.07, 6.45) is 0. The van der Waals surface area contributed by atoms with E-state index in [-0.39, 0.29) is 5.78 Å². The molecule has 0 saturated carbocycles. The maximum atomic E-state index is 13.4. The molecule has 0 amide bonds. The Morgan fingerprint density at radius 3 is 2.04 bits per heavy atom. The smallest absolute Gasteiger partial charge is 0.312 e. The van der Waals surface area contributed by atoms with E-state index < -0.39 is 35.9 Å². The number of methoxy groups -OCH3 is 2. The van der Waals surface area contributed by atoms with Crippen LogP contribution in [0.25, 0.3) is 0 Å². The van der Waals surface area contributed by atoms with Crippen molar-refractivity contribution in [3.8, 4) is 0 Å². The van der Waals surface area contributed by atoms with Gasteiger partial charge in [0.2, 0.25) is 0 Å². The molecule has 2 aromatic rings. The summed E-state index contributed by atoms with van der Waals surface area (Å²) in [6.45, 7) is 1.98. The number of ketones is 1. The lowest BCUT2D eigenvalue weighted by Crippen LogP contribution is -2.46. The van der Waals surface area contributed by atoms with Gasteiger partial charge in [0.05, 0.1) is 26.2 Å². The molecule has 0 aliphatic carbocycles. The maximum absolute atomic E-state index is 13.4. The lowest BCUT2D eigenvalue weighted by atomic mass is 9.86. The highest BCUT2D eigenvalue weighted by molar-refractivity contribution is 6.10. The molecule has 4 rings (SSSR count). The van der Waals surface area contributed by atoms with E-state index in [2.05, 4.69) is 0 Å². The van der Waals surface area contributed by atoms with Crippen LogP contribution in [0.15, 0.2) is 48.5 Å². The third-order valence-electron chi connectivity index (χ3n) is 5.76. The molecule has 4 atom stereocenters. The van der Waals surface area contributed by atoms with Gasteiger partial charge in [0.25, 0.3) is 0 Å². The summed E-state index contributed by atoms with van der Waals surface area (Å²) in [5, 5.41) is 0. The summed E-state index contributed by atoms with van der Waals surface area (Å²) in [5.41, 5.74) is 3.13. The number of hydrogen-bond donors (Lipinski definition) is 0. The van der Waals surface area contributed by atoms with Gasteiger partial charge < -0.3 is 14.4 Å². The number of esters is 2. The monoisotopic (exact) mass is 379 g/mol. The van der Waals surface area contributed by atoms with Crippen LogP contribution in [0, 0.1) is 18.8 Å². The molecule has 0 aromatic heterocycles. The zero-order valence-electron chi connectivity index (χ0n) is 15.9. The SMILES string of the molecule is COC(=O)[C@H]1[C@H](C(=O)OC)[C@H]2c3ccccc3C(=O)[C@H]1N2c1ccc(C)cc1. The maximum Gasteiger partial charge on any atom is 0.312 e. The van der Waals surface area contributed by atoms with E-state index >= 15 is 0 Å². The van der Waals surface area contributed by atoms with E-state index in [9.17, 15) is 14.4 Å². The van der Waals surface area contributed by atoms with Gasteiger partial charge in [0.1, 0.15) is 12.0 Å². The van der Waals surface area contributed by atoms with Crippen molar-refractivity contribution in [2.75, 3.05) is 19.1 Å². The van der Waals surface area contributed by atoms with Crippen LogP contribution in [0.2, 0.25) is 0 Å². The normalized spacial score (nSPS) is 25.2. The van der Waals surface area contributed by atoms with Crippen molar-refractivity contribution in [3.63, 3.8) is 0 Å². The molecule has 2 bridgehead atoms. The second-order valence-corrected chi connectivity index (χ2v) is 7.18. The number of carbonyl (C=O) groups is 3. The first-order valence-electron chi connectivity index (χ1n) is 9.13. The molecule has 2 heterocycles. The van der Waals surface area contributed by atoms with Crippen LogP contribution in [0.5, 0.6) is 0 Å². The lowest BCUT2D eigenvalue weighted by Gasteiger charge is -2.38. The minimum absolute atomic E-state index is 0.186. The standard InChI is InChI=1S/C22H21NO5/c1-12-8-10-13(11-9-12)23-18-14-6-4-5-7-15(14)20(24)19(23)17(22(26)28-3)16(18)21(25)27-2/h4-11,16-19H,1-3H3/t16-,17-,18+,19-/m0/s1. The fourth-order valence-corrected chi connectivity index (χ4v) is 4.54. The van der Waals surface area contributed by atoms with Crippen molar-refractivity contribution < 1.29 is 23.9 Å². The van der Waals surface area contributed by atoms with Crippen LogP contribution >= 0.6 is 0 Å². The van der Waals surface area contributed by atoms with Gasteiger partial charge in [-0.3, -0.25) is 14.4 Å². The van der Waals surface area contributed by atoms with Crippen molar-refractivity contribution in [1.82, 2.24) is 0 Å². The number of ether oxygens (including phenoxy) is 2. The Balaban J connectivity index is 1.97. The number of nitrogens with zero attached hydrogens (tertiary/aromatic N) is 1. The van der Waals surface area contributed by atoms with Crippen LogP contribution in [0.1, 0.15) is 27.5 Å². The molecule has 6 nitrogen and oxygen atoms in total. The molecule has 6 heteroatoms. The number of fused-ring (bicyclic) bond motifs is 4. The van der Waals surface area contributed by atoms with Crippen molar-refractivity contribution in [3.05, 3.63) is 65.2 Å². The number of benzene rings is 2. The van der Waals surface area contributed by atoms with E-state index in [4.69, 9.17) is 9.47 Å². The first-order valence-corrected chi connectivity index (χ1v) is 9.13. The molecule has 2 aliphatic heterocycles. The first kappa shape index (κ1) is 18.2. The van der Waals surface area contributed by atoms with Crippen molar-refractivity contribution >= 4 is 23.4 Å². The van der Waals surface area contributed by atoms with Gasteiger partial charge in [0, 0.05) is 11.3 Å². The summed E-state index contributed by atoms with van der Waals surface area (Å²) in [7, 11) is 2.57. The van der Waals surface area contributed by atoms with Crippen molar-refractivity contribution in [2.45, 2.75) is 19.0 Å². The highest BCUT2D eigenvalue weighted by atomic mass is 16.5. The molecule has 28 heavy (non-hydrogen) atoms. The summed E-state index contributed by atoms with van der Waals surface area (Å²) in [5.74, 6) is -3.07. The van der Waals surface area contributed by atoms with Crippen LogP contribution in [-0.4, -0.2) is 38.0 Å². The van der Waals surface area contributed by atoms with Gasteiger partial charge >= 0.3 is 11.9 Å². The van der Waals surface area contributed by atoms with Gasteiger partial charge in [-0.15, -0.1) is 0 Å². The minimum Gasteiger partial charge on any atom is -0.469 e. The van der Waals surface area contributed by atoms with E-state index in [1.165, 1.54) is 14.2 Å².